The molecule has 0 rings (SSSR count). The topological polar surface area (TPSA) is 26.3 Å². The van der Waals surface area contributed by atoms with Crippen LogP contribution in [-0.2, 0) is 9.53 Å². The Morgan fingerprint density at radius 3 is 2.83 bits per heavy atom. The van der Waals surface area contributed by atoms with Crippen molar-refractivity contribution in [2.24, 2.45) is 5.92 Å². The van der Waals surface area contributed by atoms with Crippen molar-refractivity contribution < 1.29 is 9.53 Å². The molecule has 0 spiro atoms. The first-order chi connectivity index (χ1) is 5.70. The van der Waals surface area contributed by atoms with E-state index in [9.17, 15) is 4.79 Å². The Hall–Kier alpha value is -1.05. The van der Waals surface area contributed by atoms with Gasteiger partial charge in [0.25, 0.3) is 0 Å². The Balaban J connectivity index is 3.64. The molecule has 68 valence electrons. The van der Waals surface area contributed by atoms with Crippen LogP contribution in [0, 0.1) is 5.92 Å². The zero-order valence-corrected chi connectivity index (χ0v) is 7.75. The molecule has 2 nitrogen and oxygen atoms in total. The fraction of sp³-hybridized carbons (Fsp3) is 0.500. The van der Waals surface area contributed by atoms with Gasteiger partial charge < -0.3 is 4.74 Å². The molecule has 0 aliphatic rings. The van der Waals surface area contributed by atoms with Crippen molar-refractivity contribution in [3.05, 3.63) is 24.8 Å². The van der Waals surface area contributed by atoms with E-state index >= 15 is 0 Å². The second-order valence-corrected chi connectivity index (χ2v) is 2.71. The predicted molar refractivity (Wildman–Crippen MR) is 49.8 cm³/mol. The molecule has 0 fully saturated rings. The number of hydrogen-bond donors (Lipinski definition) is 0. The third-order valence-electron chi connectivity index (χ3n) is 1.48. The molecule has 0 aromatic carbocycles. The third-order valence-corrected chi connectivity index (χ3v) is 1.48. The van der Waals surface area contributed by atoms with Crippen LogP contribution in [0.15, 0.2) is 24.8 Å². The van der Waals surface area contributed by atoms with Crippen LogP contribution in [0.2, 0.25) is 0 Å². The smallest absolute Gasteiger partial charge is 0.306 e. The van der Waals surface area contributed by atoms with Crippen LogP contribution in [0.3, 0.4) is 0 Å². The van der Waals surface area contributed by atoms with Crippen molar-refractivity contribution in [3.63, 3.8) is 0 Å². The SMILES string of the molecule is C=CC/C=C/C(C)CC(=O)OC. The monoisotopic (exact) mass is 168 g/mol. The van der Waals surface area contributed by atoms with Gasteiger partial charge in [-0.05, 0) is 12.3 Å². The van der Waals surface area contributed by atoms with Crippen LogP contribution in [0.25, 0.3) is 0 Å². The minimum atomic E-state index is -0.161. The van der Waals surface area contributed by atoms with Crippen molar-refractivity contribution in [1.29, 1.82) is 0 Å². The van der Waals surface area contributed by atoms with Crippen LogP contribution in [0.1, 0.15) is 19.8 Å². The standard InChI is InChI=1S/C10H16O2/c1-4-5-6-7-9(2)8-10(11)12-3/h4,6-7,9H,1,5,8H2,2-3H3/b7-6+. The van der Waals surface area contributed by atoms with E-state index in [0.717, 1.165) is 6.42 Å². The lowest BCUT2D eigenvalue weighted by Crippen LogP contribution is -2.04. The highest BCUT2D eigenvalue weighted by atomic mass is 16.5. The number of allylic oxidation sites excluding steroid dienone is 3. The lowest BCUT2D eigenvalue weighted by atomic mass is 10.1. The second-order valence-electron chi connectivity index (χ2n) is 2.71. The Morgan fingerprint density at radius 1 is 1.67 bits per heavy atom. The molecule has 0 aromatic heterocycles. The van der Waals surface area contributed by atoms with E-state index in [0.29, 0.717) is 6.42 Å². The van der Waals surface area contributed by atoms with Crippen LogP contribution in [-0.4, -0.2) is 13.1 Å². The molecule has 1 atom stereocenters. The lowest BCUT2D eigenvalue weighted by molar-refractivity contribution is -0.141. The maximum Gasteiger partial charge on any atom is 0.306 e. The number of rotatable bonds is 5. The van der Waals surface area contributed by atoms with Crippen molar-refractivity contribution in [2.45, 2.75) is 19.8 Å². The zero-order valence-electron chi connectivity index (χ0n) is 7.75. The molecule has 0 saturated carbocycles. The van der Waals surface area contributed by atoms with E-state index in [1.54, 1.807) is 0 Å². The summed E-state index contributed by atoms with van der Waals surface area (Å²) in [6, 6.07) is 0. The average Bonchev–Trinajstić information content (AvgIpc) is 2.05. The van der Waals surface area contributed by atoms with Gasteiger partial charge in [0.05, 0.1) is 13.5 Å². The van der Waals surface area contributed by atoms with Crippen LogP contribution >= 0.6 is 0 Å². The molecular formula is C10H16O2. The molecule has 0 aliphatic carbocycles. The van der Waals surface area contributed by atoms with E-state index in [1.165, 1.54) is 7.11 Å². The molecule has 0 N–H and O–H groups in total. The number of hydrogen-bond acceptors (Lipinski definition) is 2. The third kappa shape index (κ3) is 5.71. The molecule has 12 heavy (non-hydrogen) atoms. The van der Waals surface area contributed by atoms with E-state index < -0.39 is 0 Å². The summed E-state index contributed by atoms with van der Waals surface area (Å²) in [5.41, 5.74) is 0. The van der Waals surface area contributed by atoms with E-state index in [2.05, 4.69) is 11.3 Å². The number of ether oxygens (including phenoxy) is 1. The van der Waals surface area contributed by atoms with Gasteiger partial charge in [0.2, 0.25) is 0 Å². The zero-order chi connectivity index (χ0) is 9.40. The largest absolute Gasteiger partial charge is 0.469 e. The maximum absolute atomic E-state index is 10.8. The summed E-state index contributed by atoms with van der Waals surface area (Å²) < 4.78 is 4.53. The van der Waals surface area contributed by atoms with Gasteiger partial charge in [0.1, 0.15) is 0 Å². The quantitative estimate of drug-likeness (QED) is 0.465. The molecular weight excluding hydrogens is 152 g/mol. The van der Waals surface area contributed by atoms with Gasteiger partial charge in [-0.1, -0.05) is 25.2 Å². The van der Waals surface area contributed by atoms with Crippen molar-refractivity contribution in [3.8, 4) is 0 Å². The lowest BCUT2D eigenvalue weighted by Gasteiger charge is -2.02. The number of esters is 1. The molecule has 0 aromatic rings. The Kier molecular flexibility index (Phi) is 6.07. The van der Waals surface area contributed by atoms with Crippen LogP contribution in [0.5, 0.6) is 0 Å². The first-order valence-electron chi connectivity index (χ1n) is 4.05. The highest BCUT2D eigenvalue weighted by Crippen LogP contribution is 2.05. The van der Waals surface area contributed by atoms with Gasteiger partial charge in [-0.2, -0.15) is 0 Å². The summed E-state index contributed by atoms with van der Waals surface area (Å²) >= 11 is 0. The molecule has 1 unspecified atom stereocenters. The summed E-state index contributed by atoms with van der Waals surface area (Å²) in [5.74, 6) is 0.0863. The van der Waals surface area contributed by atoms with Crippen LogP contribution in [0.4, 0.5) is 0 Å². The first kappa shape index (κ1) is 11.0. The average molecular weight is 168 g/mol. The molecule has 0 radical (unpaired) electrons. The summed E-state index contributed by atoms with van der Waals surface area (Å²) in [5, 5.41) is 0. The molecule has 2 heteroatoms. The molecule has 0 amide bonds. The van der Waals surface area contributed by atoms with Crippen molar-refractivity contribution >= 4 is 5.97 Å². The van der Waals surface area contributed by atoms with Crippen molar-refractivity contribution in [2.75, 3.05) is 7.11 Å². The van der Waals surface area contributed by atoms with E-state index in [1.807, 2.05) is 25.2 Å². The number of methoxy groups -OCH3 is 1. The first-order valence-corrected chi connectivity index (χ1v) is 4.05. The van der Waals surface area contributed by atoms with Crippen molar-refractivity contribution in [1.82, 2.24) is 0 Å². The molecule has 0 heterocycles. The molecule has 0 bridgehead atoms. The van der Waals surface area contributed by atoms with Gasteiger partial charge >= 0.3 is 5.97 Å². The summed E-state index contributed by atoms with van der Waals surface area (Å²) in [4.78, 5) is 10.8. The van der Waals surface area contributed by atoms with Gasteiger partial charge in [-0.3, -0.25) is 4.79 Å². The highest BCUT2D eigenvalue weighted by Gasteiger charge is 2.04. The maximum atomic E-state index is 10.8. The summed E-state index contributed by atoms with van der Waals surface area (Å²) in [7, 11) is 1.41. The number of carbonyl (C=O) groups excluding carboxylic acids is 1. The fourth-order valence-corrected chi connectivity index (χ4v) is 0.821. The summed E-state index contributed by atoms with van der Waals surface area (Å²) in [6.45, 7) is 5.57. The highest BCUT2D eigenvalue weighted by molar-refractivity contribution is 5.69. The van der Waals surface area contributed by atoms with Crippen LogP contribution < -0.4 is 0 Å². The molecule has 0 aliphatic heterocycles. The Labute approximate surface area is 73.9 Å². The fourth-order valence-electron chi connectivity index (χ4n) is 0.821. The van der Waals surface area contributed by atoms with Gasteiger partial charge in [-0.15, -0.1) is 6.58 Å². The van der Waals surface area contributed by atoms with E-state index in [4.69, 9.17) is 0 Å². The van der Waals surface area contributed by atoms with Gasteiger partial charge in [-0.25, -0.2) is 0 Å². The van der Waals surface area contributed by atoms with E-state index in [-0.39, 0.29) is 11.9 Å². The predicted octanol–water partition coefficient (Wildman–Crippen LogP) is 2.32. The number of carbonyl (C=O) groups is 1. The van der Waals surface area contributed by atoms with Gasteiger partial charge in [0, 0.05) is 0 Å². The normalized spacial score (nSPS) is 12.8. The minimum Gasteiger partial charge on any atom is -0.469 e. The molecule has 0 saturated heterocycles. The second kappa shape index (κ2) is 6.65. The summed E-state index contributed by atoms with van der Waals surface area (Å²) in [6.07, 6.45) is 7.12. The van der Waals surface area contributed by atoms with Gasteiger partial charge in [0.15, 0.2) is 0 Å². The Morgan fingerprint density at radius 2 is 2.33 bits per heavy atom. The Bertz CT molecular complexity index is 171. The minimum absolute atomic E-state index is 0.161.